The molecule has 26 heavy (non-hydrogen) atoms. The van der Waals surface area contributed by atoms with Crippen molar-refractivity contribution < 1.29 is 9.15 Å². The summed E-state index contributed by atoms with van der Waals surface area (Å²) in [6.07, 6.45) is 4.01. The van der Waals surface area contributed by atoms with Gasteiger partial charge in [0, 0.05) is 24.0 Å². The smallest absolute Gasteiger partial charge is 0.339 e. The first-order valence-corrected chi connectivity index (χ1v) is 9.29. The third-order valence-electron chi connectivity index (χ3n) is 5.48. The second-order valence-corrected chi connectivity index (χ2v) is 7.22. The lowest BCUT2D eigenvalue weighted by atomic mass is 9.90. The van der Waals surface area contributed by atoms with Gasteiger partial charge in [0.2, 0.25) is 0 Å². The number of ether oxygens (including phenoxy) is 1. The minimum atomic E-state index is -0.166. The summed E-state index contributed by atoms with van der Waals surface area (Å²) in [6.45, 7) is 2.08. The molecule has 0 saturated carbocycles. The second kappa shape index (κ2) is 6.29. The topological polar surface area (TPSA) is 42.7 Å². The van der Waals surface area contributed by atoms with Crippen molar-refractivity contribution in [1.82, 2.24) is 4.90 Å². The number of fused-ring (bicyclic) bond motifs is 5. The zero-order valence-electron chi connectivity index (χ0n) is 14.7. The van der Waals surface area contributed by atoms with Crippen molar-refractivity contribution in [3.63, 3.8) is 0 Å². The van der Waals surface area contributed by atoms with Crippen LogP contribution in [0.5, 0.6) is 5.75 Å². The van der Waals surface area contributed by atoms with Gasteiger partial charge in [-0.1, -0.05) is 30.3 Å². The molecule has 2 heterocycles. The molecule has 132 valence electrons. The minimum Gasteiger partial charge on any atom is -0.478 e. The summed E-state index contributed by atoms with van der Waals surface area (Å²) in [4.78, 5) is 14.7. The highest BCUT2D eigenvalue weighted by atomic mass is 16.5. The summed E-state index contributed by atoms with van der Waals surface area (Å²) in [5, 5.41) is 1.09. The highest BCUT2D eigenvalue weighted by Crippen LogP contribution is 2.35. The Bertz CT molecular complexity index is 1020. The van der Waals surface area contributed by atoms with Crippen LogP contribution in [0.15, 0.2) is 51.7 Å². The highest BCUT2D eigenvalue weighted by molar-refractivity contribution is 5.86. The first-order valence-electron chi connectivity index (χ1n) is 9.29. The number of nitrogens with zero attached hydrogens (tertiary/aromatic N) is 1. The third-order valence-corrected chi connectivity index (χ3v) is 5.48. The van der Waals surface area contributed by atoms with Gasteiger partial charge in [-0.05, 0) is 48.9 Å². The van der Waals surface area contributed by atoms with E-state index >= 15 is 0 Å². The quantitative estimate of drug-likeness (QED) is 0.657. The summed E-state index contributed by atoms with van der Waals surface area (Å²) in [5.41, 5.74) is 4.85. The fourth-order valence-electron chi connectivity index (χ4n) is 4.20. The molecule has 0 atom stereocenters. The number of benzene rings is 2. The summed E-state index contributed by atoms with van der Waals surface area (Å²) < 4.78 is 11.8. The fourth-order valence-corrected chi connectivity index (χ4v) is 4.20. The number of rotatable bonds is 2. The van der Waals surface area contributed by atoms with Crippen LogP contribution in [0.3, 0.4) is 0 Å². The van der Waals surface area contributed by atoms with Crippen LogP contribution in [0.2, 0.25) is 0 Å². The molecule has 2 aliphatic rings. The molecule has 2 aromatic carbocycles. The molecule has 3 aromatic rings. The number of aryl methyl sites for hydroxylation is 1. The highest BCUT2D eigenvalue weighted by Gasteiger charge is 2.25. The number of hydrogen-bond donors (Lipinski definition) is 0. The SMILES string of the molecule is O=c1oc2c3c(ccc2c2c1CCCC2)OCN(Cc1ccccc1)C3. The van der Waals surface area contributed by atoms with Crippen LogP contribution in [-0.2, 0) is 25.9 Å². The van der Waals surface area contributed by atoms with Gasteiger partial charge in [0.15, 0.2) is 0 Å². The van der Waals surface area contributed by atoms with Crippen molar-refractivity contribution in [1.29, 1.82) is 0 Å². The molecule has 4 heteroatoms. The second-order valence-electron chi connectivity index (χ2n) is 7.22. The molecule has 0 N–H and O–H groups in total. The Labute approximate surface area is 152 Å². The molecule has 0 amide bonds. The molecule has 4 nitrogen and oxygen atoms in total. The van der Waals surface area contributed by atoms with Crippen LogP contribution in [0.4, 0.5) is 0 Å². The average Bonchev–Trinajstić information content (AvgIpc) is 2.69. The predicted octanol–water partition coefficient (Wildman–Crippen LogP) is 4.02. The first-order chi connectivity index (χ1) is 12.8. The van der Waals surface area contributed by atoms with Gasteiger partial charge in [-0.15, -0.1) is 0 Å². The molecule has 0 unspecified atom stereocenters. The van der Waals surface area contributed by atoms with Crippen LogP contribution in [0.25, 0.3) is 11.0 Å². The Kier molecular flexibility index (Phi) is 3.79. The molecule has 1 aliphatic carbocycles. The maximum atomic E-state index is 12.5. The zero-order valence-corrected chi connectivity index (χ0v) is 14.7. The molecule has 0 radical (unpaired) electrons. The van der Waals surface area contributed by atoms with Gasteiger partial charge in [-0.3, -0.25) is 4.90 Å². The minimum absolute atomic E-state index is 0.166. The van der Waals surface area contributed by atoms with Crippen molar-refractivity contribution >= 4 is 11.0 Å². The van der Waals surface area contributed by atoms with Crippen LogP contribution in [0.1, 0.15) is 35.1 Å². The largest absolute Gasteiger partial charge is 0.478 e. The molecule has 0 bridgehead atoms. The maximum Gasteiger partial charge on any atom is 0.339 e. The average molecular weight is 347 g/mol. The van der Waals surface area contributed by atoms with Gasteiger partial charge in [0.05, 0.1) is 5.56 Å². The molecular weight excluding hydrogens is 326 g/mol. The van der Waals surface area contributed by atoms with Gasteiger partial charge in [-0.25, -0.2) is 4.79 Å². The van der Waals surface area contributed by atoms with E-state index in [1.165, 1.54) is 11.1 Å². The van der Waals surface area contributed by atoms with Crippen molar-refractivity contribution in [3.8, 4) is 5.75 Å². The lowest BCUT2D eigenvalue weighted by molar-refractivity contribution is 0.0889. The summed E-state index contributed by atoms with van der Waals surface area (Å²) >= 11 is 0. The van der Waals surface area contributed by atoms with E-state index in [4.69, 9.17) is 9.15 Å². The van der Waals surface area contributed by atoms with Crippen LogP contribution in [-0.4, -0.2) is 11.6 Å². The molecule has 1 aliphatic heterocycles. The number of hydrogen-bond acceptors (Lipinski definition) is 4. The Morgan fingerprint density at radius 1 is 0.923 bits per heavy atom. The van der Waals surface area contributed by atoms with E-state index in [9.17, 15) is 4.79 Å². The normalized spacial score (nSPS) is 16.8. The lowest BCUT2D eigenvalue weighted by Gasteiger charge is -2.29. The maximum absolute atomic E-state index is 12.5. The van der Waals surface area contributed by atoms with Crippen molar-refractivity contribution in [3.05, 3.63) is 75.1 Å². The Morgan fingerprint density at radius 2 is 1.73 bits per heavy atom. The monoisotopic (exact) mass is 347 g/mol. The van der Waals surface area contributed by atoms with E-state index in [0.717, 1.165) is 61.0 Å². The van der Waals surface area contributed by atoms with E-state index in [1.54, 1.807) is 0 Å². The van der Waals surface area contributed by atoms with Crippen LogP contribution < -0.4 is 10.4 Å². The first kappa shape index (κ1) is 15.6. The Balaban J connectivity index is 1.57. The van der Waals surface area contributed by atoms with Gasteiger partial charge in [0.25, 0.3) is 0 Å². The third kappa shape index (κ3) is 2.61. The van der Waals surface area contributed by atoms with E-state index < -0.39 is 0 Å². The molecule has 0 spiro atoms. The summed E-state index contributed by atoms with van der Waals surface area (Å²) in [7, 11) is 0. The van der Waals surface area contributed by atoms with Crippen molar-refractivity contribution in [2.45, 2.75) is 38.8 Å². The molecule has 0 saturated heterocycles. The van der Waals surface area contributed by atoms with E-state index in [0.29, 0.717) is 12.3 Å². The molecule has 1 aromatic heterocycles. The zero-order chi connectivity index (χ0) is 17.5. The predicted molar refractivity (Wildman–Crippen MR) is 100 cm³/mol. The van der Waals surface area contributed by atoms with Crippen molar-refractivity contribution in [2.75, 3.05) is 6.73 Å². The van der Waals surface area contributed by atoms with E-state index in [2.05, 4.69) is 35.2 Å². The van der Waals surface area contributed by atoms with Gasteiger partial charge < -0.3 is 9.15 Å². The van der Waals surface area contributed by atoms with Gasteiger partial charge in [-0.2, -0.15) is 0 Å². The lowest BCUT2D eigenvalue weighted by Crippen LogP contribution is -2.31. The molecular formula is C22H21NO3. The summed E-state index contributed by atoms with van der Waals surface area (Å²) in [5.74, 6) is 0.834. The fraction of sp³-hybridized carbons (Fsp3) is 0.318. The molecule has 5 rings (SSSR count). The Hall–Kier alpha value is -2.59. The molecule has 0 fully saturated rings. The van der Waals surface area contributed by atoms with Gasteiger partial charge >= 0.3 is 5.63 Å². The standard InChI is InChI=1S/C22H21NO3/c24-22-18-9-5-4-8-16(18)17-10-11-20-19(21(17)26-22)13-23(14-25-20)12-15-6-2-1-3-7-15/h1-3,6-7,10-11H,4-5,8-9,12-14H2. The van der Waals surface area contributed by atoms with E-state index in [-0.39, 0.29) is 5.63 Å². The van der Waals surface area contributed by atoms with Crippen LogP contribution in [0, 0.1) is 0 Å². The van der Waals surface area contributed by atoms with Crippen molar-refractivity contribution in [2.24, 2.45) is 0 Å². The van der Waals surface area contributed by atoms with Gasteiger partial charge in [0.1, 0.15) is 18.1 Å². The Morgan fingerprint density at radius 3 is 2.58 bits per heavy atom. The summed E-state index contributed by atoms with van der Waals surface area (Å²) in [6, 6.07) is 14.5. The van der Waals surface area contributed by atoms with Crippen LogP contribution >= 0.6 is 0 Å². The van der Waals surface area contributed by atoms with E-state index in [1.807, 2.05) is 12.1 Å².